The lowest BCUT2D eigenvalue weighted by Gasteiger charge is -2.18. The number of hydrogen-bond acceptors (Lipinski definition) is 2. The van der Waals surface area contributed by atoms with Gasteiger partial charge >= 0.3 is 0 Å². The molecule has 3 heteroatoms. The summed E-state index contributed by atoms with van der Waals surface area (Å²) in [6.07, 6.45) is 5.71. The van der Waals surface area contributed by atoms with Crippen LogP contribution in [0.2, 0.25) is 0 Å². The highest BCUT2D eigenvalue weighted by Crippen LogP contribution is 2.21. The van der Waals surface area contributed by atoms with Crippen LogP contribution in [0.4, 0.5) is 0 Å². The van der Waals surface area contributed by atoms with Crippen molar-refractivity contribution in [3.05, 3.63) is 67.4 Å². The number of aromatic nitrogens is 2. The summed E-state index contributed by atoms with van der Waals surface area (Å²) in [5, 5.41) is 7.25. The summed E-state index contributed by atoms with van der Waals surface area (Å²) >= 11 is 0. The van der Waals surface area contributed by atoms with Crippen LogP contribution in [-0.2, 0) is 6.54 Å². The summed E-state index contributed by atoms with van der Waals surface area (Å²) in [7, 11) is 0. The Morgan fingerprint density at radius 3 is 2.42 bits per heavy atom. The van der Waals surface area contributed by atoms with Crippen molar-refractivity contribution in [2.45, 2.75) is 6.54 Å². The number of nitrogens with one attached hydrogen (secondary N) is 1. The maximum absolute atomic E-state index is 4.17. The zero-order valence-electron chi connectivity index (χ0n) is 11.0. The van der Waals surface area contributed by atoms with Crippen LogP contribution in [0.1, 0.15) is 5.56 Å². The van der Waals surface area contributed by atoms with E-state index in [1.54, 1.807) is 0 Å². The van der Waals surface area contributed by atoms with Crippen LogP contribution in [0.3, 0.4) is 0 Å². The van der Waals surface area contributed by atoms with E-state index < -0.39 is 0 Å². The fourth-order valence-corrected chi connectivity index (χ4v) is 2.10. The molecule has 0 unspecified atom stereocenters. The minimum atomic E-state index is 0.832. The average molecular weight is 253 g/mol. The first-order valence-corrected chi connectivity index (χ1v) is 6.37. The standard InChI is InChI=1S/C16H19N3/c1-3-10-19(11-4-2)13-15-12-17-18-16(15)14-8-6-5-7-9-14/h3-9,12H,1-2,10-11,13H2,(H,17,18). The maximum atomic E-state index is 4.17. The summed E-state index contributed by atoms with van der Waals surface area (Å²) in [6, 6.07) is 10.3. The molecule has 3 nitrogen and oxygen atoms in total. The zero-order valence-corrected chi connectivity index (χ0v) is 11.0. The Balaban J connectivity index is 2.19. The highest BCUT2D eigenvalue weighted by Gasteiger charge is 2.10. The van der Waals surface area contributed by atoms with Gasteiger partial charge in [-0.15, -0.1) is 13.2 Å². The van der Waals surface area contributed by atoms with Gasteiger partial charge in [0.1, 0.15) is 0 Å². The van der Waals surface area contributed by atoms with E-state index in [4.69, 9.17) is 0 Å². The van der Waals surface area contributed by atoms with Gasteiger partial charge in [-0.05, 0) is 5.56 Å². The number of aromatic amines is 1. The van der Waals surface area contributed by atoms with Gasteiger partial charge < -0.3 is 0 Å². The lowest BCUT2D eigenvalue weighted by molar-refractivity contribution is 0.328. The van der Waals surface area contributed by atoms with E-state index in [1.807, 2.05) is 36.5 Å². The summed E-state index contributed by atoms with van der Waals surface area (Å²) < 4.78 is 0. The molecule has 19 heavy (non-hydrogen) atoms. The van der Waals surface area contributed by atoms with Crippen molar-refractivity contribution in [2.24, 2.45) is 0 Å². The molecule has 0 aliphatic rings. The molecule has 0 bridgehead atoms. The first-order valence-electron chi connectivity index (χ1n) is 6.37. The van der Waals surface area contributed by atoms with Gasteiger partial charge in [0.2, 0.25) is 0 Å². The molecule has 1 aromatic heterocycles. The molecule has 0 aliphatic heterocycles. The minimum absolute atomic E-state index is 0.832. The first kappa shape index (κ1) is 13.3. The van der Waals surface area contributed by atoms with Crippen LogP contribution in [0.15, 0.2) is 61.8 Å². The molecule has 98 valence electrons. The van der Waals surface area contributed by atoms with Gasteiger partial charge in [0, 0.05) is 25.2 Å². The van der Waals surface area contributed by atoms with Crippen LogP contribution in [-0.4, -0.2) is 28.2 Å². The molecule has 1 heterocycles. The fraction of sp³-hybridized carbons (Fsp3) is 0.188. The van der Waals surface area contributed by atoms with Gasteiger partial charge in [0.25, 0.3) is 0 Å². The van der Waals surface area contributed by atoms with Crippen molar-refractivity contribution >= 4 is 0 Å². The monoisotopic (exact) mass is 253 g/mol. The molecule has 0 radical (unpaired) electrons. The lowest BCUT2D eigenvalue weighted by Crippen LogP contribution is -2.23. The Bertz CT molecular complexity index is 518. The van der Waals surface area contributed by atoms with Crippen molar-refractivity contribution in [1.29, 1.82) is 0 Å². The molecule has 0 fully saturated rings. The van der Waals surface area contributed by atoms with E-state index in [0.29, 0.717) is 0 Å². The van der Waals surface area contributed by atoms with Gasteiger partial charge in [-0.3, -0.25) is 10.00 Å². The van der Waals surface area contributed by atoms with Crippen molar-refractivity contribution in [3.8, 4) is 11.3 Å². The lowest BCUT2D eigenvalue weighted by atomic mass is 10.1. The third-order valence-electron chi connectivity index (χ3n) is 2.95. The Morgan fingerprint density at radius 1 is 1.11 bits per heavy atom. The van der Waals surface area contributed by atoms with Crippen LogP contribution in [0.5, 0.6) is 0 Å². The zero-order chi connectivity index (χ0) is 13.5. The van der Waals surface area contributed by atoms with Crippen molar-refractivity contribution < 1.29 is 0 Å². The smallest absolute Gasteiger partial charge is 0.0695 e. The first-order chi connectivity index (χ1) is 9.35. The highest BCUT2D eigenvalue weighted by molar-refractivity contribution is 5.62. The fourth-order valence-electron chi connectivity index (χ4n) is 2.10. The number of rotatable bonds is 7. The molecule has 0 saturated carbocycles. The third-order valence-corrected chi connectivity index (χ3v) is 2.95. The van der Waals surface area contributed by atoms with Crippen LogP contribution in [0, 0.1) is 0 Å². The Kier molecular flexibility index (Phi) is 4.70. The largest absolute Gasteiger partial charge is 0.292 e. The molecule has 0 aliphatic carbocycles. The molecular formula is C16H19N3. The normalized spacial score (nSPS) is 10.6. The number of benzene rings is 1. The Hall–Kier alpha value is -2.13. The maximum Gasteiger partial charge on any atom is 0.0695 e. The van der Waals surface area contributed by atoms with E-state index in [0.717, 1.165) is 30.9 Å². The van der Waals surface area contributed by atoms with Gasteiger partial charge in [-0.1, -0.05) is 42.5 Å². The molecule has 0 spiro atoms. The second kappa shape index (κ2) is 6.71. The second-order valence-electron chi connectivity index (χ2n) is 4.41. The number of nitrogens with zero attached hydrogens (tertiary/aromatic N) is 2. The van der Waals surface area contributed by atoms with Gasteiger partial charge in [0.05, 0.1) is 11.9 Å². The minimum Gasteiger partial charge on any atom is -0.292 e. The molecule has 0 saturated heterocycles. The topological polar surface area (TPSA) is 31.9 Å². The van der Waals surface area contributed by atoms with Crippen LogP contribution < -0.4 is 0 Å². The molecular weight excluding hydrogens is 234 g/mol. The number of H-pyrrole nitrogens is 1. The Labute approximate surface area is 114 Å². The van der Waals surface area contributed by atoms with E-state index in [1.165, 1.54) is 5.56 Å². The highest BCUT2D eigenvalue weighted by atomic mass is 15.1. The van der Waals surface area contributed by atoms with Gasteiger partial charge in [0.15, 0.2) is 0 Å². The summed E-state index contributed by atoms with van der Waals surface area (Å²) in [5.41, 5.74) is 3.43. The number of hydrogen-bond donors (Lipinski definition) is 1. The van der Waals surface area contributed by atoms with Crippen molar-refractivity contribution in [1.82, 2.24) is 15.1 Å². The van der Waals surface area contributed by atoms with Crippen molar-refractivity contribution in [2.75, 3.05) is 13.1 Å². The molecule has 1 aromatic carbocycles. The van der Waals surface area contributed by atoms with Crippen LogP contribution >= 0.6 is 0 Å². The molecule has 0 amide bonds. The average Bonchev–Trinajstić information content (AvgIpc) is 2.88. The predicted octanol–water partition coefficient (Wildman–Crippen LogP) is 3.25. The van der Waals surface area contributed by atoms with Crippen LogP contribution in [0.25, 0.3) is 11.3 Å². The summed E-state index contributed by atoms with van der Waals surface area (Å²) in [4.78, 5) is 2.26. The predicted molar refractivity (Wildman–Crippen MR) is 79.7 cm³/mol. The van der Waals surface area contributed by atoms with Gasteiger partial charge in [-0.2, -0.15) is 5.10 Å². The van der Waals surface area contributed by atoms with E-state index in [-0.39, 0.29) is 0 Å². The third kappa shape index (κ3) is 3.42. The molecule has 2 aromatic rings. The summed E-state index contributed by atoms with van der Waals surface area (Å²) in [6.45, 7) is 10.1. The van der Waals surface area contributed by atoms with E-state index in [9.17, 15) is 0 Å². The molecule has 2 rings (SSSR count). The quantitative estimate of drug-likeness (QED) is 0.768. The Morgan fingerprint density at radius 2 is 1.79 bits per heavy atom. The molecule has 0 atom stereocenters. The second-order valence-corrected chi connectivity index (χ2v) is 4.41. The SMILES string of the molecule is C=CCN(CC=C)Cc1cn[nH]c1-c1ccccc1. The summed E-state index contributed by atoms with van der Waals surface area (Å²) in [5.74, 6) is 0. The van der Waals surface area contributed by atoms with E-state index in [2.05, 4.69) is 40.4 Å². The molecule has 1 N–H and O–H groups in total. The van der Waals surface area contributed by atoms with E-state index >= 15 is 0 Å². The van der Waals surface area contributed by atoms with Gasteiger partial charge in [-0.25, -0.2) is 0 Å². The van der Waals surface area contributed by atoms with Crippen molar-refractivity contribution in [3.63, 3.8) is 0 Å².